The Morgan fingerprint density at radius 1 is 0.900 bits per heavy atom. The van der Waals surface area contributed by atoms with Crippen LogP contribution in [0.1, 0.15) is 42.1 Å². The van der Waals surface area contributed by atoms with E-state index >= 15 is 0 Å². The number of hydrogen-bond donors (Lipinski definition) is 1. The molecule has 1 aromatic heterocycles. The molecule has 3 aromatic carbocycles. The van der Waals surface area contributed by atoms with E-state index in [0.717, 1.165) is 38.9 Å². The molecule has 1 aliphatic heterocycles. The highest BCUT2D eigenvalue weighted by molar-refractivity contribution is 6.30. The number of aromatic nitrogens is 2. The first kappa shape index (κ1) is 19.1. The molecule has 4 heteroatoms. The molecule has 0 saturated carbocycles. The van der Waals surface area contributed by atoms with Gasteiger partial charge in [0.25, 0.3) is 0 Å². The Kier molecular flexibility index (Phi) is 4.35. The molecule has 2 heterocycles. The van der Waals surface area contributed by atoms with Crippen LogP contribution in [0.15, 0.2) is 85.1 Å². The molecule has 0 amide bonds. The molecule has 0 saturated heterocycles. The van der Waals surface area contributed by atoms with Crippen LogP contribution in [0.4, 0.5) is 0 Å². The van der Waals surface area contributed by atoms with Crippen molar-refractivity contribution in [3.05, 3.63) is 118 Å². The highest BCUT2D eigenvalue weighted by atomic mass is 35.5. The van der Waals surface area contributed by atoms with E-state index in [1.807, 2.05) is 72.8 Å². The zero-order valence-corrected chi connectivity index (χ0v) is 17.8. The molecule has 30 heavy (non-hydrogen) atoms. The van der Waals surface area contributed by atoms with Crippen LogP contribution in [-0.2, 0) is 17.4 Å². The molecule has 1 aliphatic rings. The quantitative estimate of drug-likeness (QED) is 0.470. The van der Waals surface area contributed by atoms with Crippen LogP contribution in [0, 0.1) is 0 Å². The second kappa shape index (κ2) is 6.83. The zero-order valence-electron chi connectivity index (χ0n) is 17.0. The predicted octanol–water partition coefficient (Wildman–Crippen LogP) is 5.64. The van der Waals surface area contributed by atoms with Gasteiger partial charge >= 0.3 is 0 Å². The molecule has 4 aromatic rings. The van der Waals surface area contributed by atoms with Gasteiger partial charge in [-0.15, -0.1) is 0 Å². The first-order valence-corrected chi connectivity index (χ1v) is 10.5. The second-order valence-corrected chi connectivity index (χ2v) is 8.88. The molecule has 0 spiro atoms. The fourth-order valence-corrected chi connectivity index (χ4v) is 4.76. The summed E-state index contributed by atoms with van der Waals surface area (Å²) in [5.41, 5.74) is 3.02. The highest BCUT2D eigenvalue weighted by Gasteiger charge is 2.54. The third-order valence-electron chi connectivity index (χ3n) is 6.26. The molecule has 5 rings (SSSR count). The van der Waals surface area contributed by atoms with Crippen molar-refractivity contribution in [2.45, 2.75) is 31.3 Å². The summed E-state index contributed by atoms with van der Waals surface area (Å²) < 4.78 is 2.14. The largest absolute Gasteiger partial charge is 0.379 e. The average Bonchev–Trinajstić information content (AvgIpc) is 3.19. The normalized spacial score (nSPS) is 19.2. The van der Waals surface area contributed by atoms with E-state index in [9.17, 15) is 5.11 Å². The molecule has 1 N–H and O–H groups in total. The van der Waals surface area contributed by atoms with E-state index in [2.05, 4.69) is 30.7 Å². The van der Waals surface area contributed by atoms with Crippen LogP contribution >= 0.6 is 11.6 Å². The smallest absolute Gasteiger partial charge is 0.129 e. The van der Waals surface area contributed by atoms with Crippen molar-refractivity contribution in [1.82, 2.24) is 9.55 Å². The van der Waals surface area contributed by atoms with Crippen molar-refractivity contribution >= 4 is 11.6 Å². The summed E-state index contributed by atoms with van der Waals surface area (Å²) >= 11 is 6.03. The molecule has 0 aliphatic carbocycles. The number of nitrogens with zero attached hydrogens (tertiary/aromatic N) is 2. The van der Waals surface area contributed by atoms with Gasteiger partial charge in [0.1, 0.15) is 11.4 Å². The number of hydrogen-bond acceptors (Lipinski definition) is 2. The fraction of sp³-hybridized carbons (Fsp3) is 0.192. The molecule has 1 unspecified atom stereocenters. The number of para-hydroxylation sites is 1. The Morgan fingerprint density at radius 2 is 1.57 bits per heavy atom. The van der Waals surface area contributed by atoms with Gasteiger partial charge in [-0.25, -0.2) is 4.98 Å². The lowest BCUT2D eigenvalue weighted by molar-refractivity contribution is -0.00118. The SMILES string of the molecule is CC1(C)c2nc(Cc3ccc(Cl)cc3)cn2-c2ccccc2C1(O)c1ccccc1. The maximum atomic E-state index is 12.2. The number of rotatable bonds is 3. The fourth-order valence-electron chi connectivity index (χ4n) is 4.63. The molecule has 1 atom stereocenters. The molecular weight excluding hydrogens is 392 g/mol. The Bertz CT molecular complexity index is 1210. The summed E-state index contributed by atoms with van der Waals surface area (Å²) in [6.07, 6.45) is 2.80. The first-order chi connectivity index (χ1) is 14.4. The predicted molar refractivity (Wildman–Crippen MR) is 120 cm³/mol. The Balaban J connectivity index is 1.69. The zero-order chi connectivity index (χ0) is 20.9. The van der Waals surface area contributed by atoms with E-state index < -0.39 is 11.0 Å². The summed E-state index contributed by atoms with van der Waals surface area (Å²) in [5.74, 6) is 0.858. The lowest BCUT2D eigenvalue weighted by Crippen LogP contribution is -2.50. The second-order valence-electron chi connectivity index (χ2n) is 8.45. The maximum Gasteiger partial charge on any atom is 0.129 e. The Labute approximate surface area is 181 Å². The van der Waals surface area contributed by atoms with Gasteiger partial charge in [-0.3, -0.25) is 0 Å². The Hall–Kier alpha value is -2.88. The summed E-state index contributed by atoms with van der Waals surface area (Å²) in [6.45, 7) is 4.14. The van der Waals surface area contributed by atoms with E-state index in [1.54, 1.807) is 0 Å². The molecule has 0 bridgehead atoms. The van der Waals surface area contributed by atoms with Crippen molar-refractivity contribution in [1.29, 1.82) is 0 Å². The van der Waals surface area contributed by atoms with Crippen molar-refractivity contribution in [2.24, 2.45) is 0 Å². The van der Waals surface area contributed by atoms with Gasteiger partial charge in [-0.05, 0) is 43.2 Å². The standard InChI is InChI=1S/C26H23ClN2O/c1-25(2)24-28-21(16-18-12-14-20(27)15-13-18)17-29(24)23-11-7-6-10-22(23)26(25,30)19-8-4-3-5-9-19/h3-15,17,30H,16H2,1-2H3. The lowest BCUT2D eigenvalue weighted by atomic mass is 9.64. The summed E-state index contributed by atoms with van der Waals surface area (Å²) in [4.78, 5) is 5.01. The third-order valence-corrected chi connectivity index (χ3v) is 6.51. The number of aliphatic hydroxyl groups is 1. The van der Waals surface area contributed by atoms with Crippen molar-refractivity contribution in [3.8, 4) is 5.69 Å². The topological polar surface area (TPSA) is 38.0 Å². The van der Waals surface area contributed by atoms with Gasteiger partial charge in [0.2, 0.25) is 0 Å². The molecular formula is C26H23ClN2O. The minimum atomic E-state index is -1.19. The number of benzene rings is 3. The van der Waals surface area contributed by atoms with Gasteiger partial charge in [0, 0.05) is 23.2 Å². The number of fused-ring (bicyclic) bond motifs is 3. The summed E-state index contributed by atoms with van der Waals surface area (Å²) in [5, 5.41) is 13.0. The van der Waals surface area contributed by atoms with E-state index in [-0.39, 0.29) is 0 Å². The van der Waals surface area contributed by atoms with Crippen molar-refractivity contribution in [3.63, 3.8) is 0 Å². The van der Waals surface area contributed by atoms with Crippen LogP contribution in [0.25, 0.3) is 5.69 Å². The lowest BCUT2D eigenvalue weighted by Gasteiger charge is -2.47. The third kappa shape index (κ3) is 2.73. The monoisotopic (exact) mass is 414 g/mol. The first-order valence-electron chi connectivity index (χ1n) is 10.1. The van der Waals surface area contributed by atoms with Gasteiger partial charge in [-0.2, -0.15) is 0 Å². The summed E-state index contributed by atoms with van der Waals surface area (Å²) in [6, 6.07) is 25.8. The van der Waals surface area contributed by atoms with Gasteiger partial charge < -0.3 is 9.67 Å². The molecule has 150 valence electrons. The molecule has 3 nitrogen and oxygen atoms in total. The van der Waals surface area contributed by atoms with Crippen LogP contribution in [0.5, 0.6) is 0 Å². The van der Waals surface area contributed by atoms with Crippen molar-refractivity contribution in [2.75, 3.05) is 0 Å². The number of imidazole rings is 1. The molecule has 0 fully saturated rings. The van der Waals surface area contributed by atoms with E-state index in [4.69, 9.17) is 16.6 Å². The Morgan fingerprint density at radius 3 is 2.30 bits per heavy atom. The van der Waals surface area contributed by atoms with Crippen LogP contribution in [0.3, 0.4) is 0 Å². The molecule has 0 radical (unpaired) electrons. The highest BCUT2D eigenvalue weighted by Crippen LogP contribution is 2.51. The van der Waals surface area contributed by atoms with Gasteiger partial charge in [0.15, 0.2) is 0 Å². The summed E-state index contributed by atoms with van der Waals surface area (Å²) in [7, 11) is 0. The van der Waals surface area contributed by atoms with Crippen LogP contribution in [-0.4, -0.2) is 14.7 Å². The number of halogens is 1. The minimum absolute atomic E-state index is 0.638. The van der Waals surface area contributed by atoms with E-state index in [0.29, 0.717) is 6.42 Å². The van der Waals surface area contributed by atoms with E-state index in [1.165, 1.54) is 0 Å². The minimum Gasteiger partial charge on any atom is -0.379 e. The van der Waals surface area contributed by atoms with Crippen molar-refractivity contribution < 1.29 is 5.11 Å². The van der Waals surface area contributed by atoms with Crippen LogP contribution < -0.4 is 0 Å². The average molecular weight is 415 g/mol. The maximum absolute atomic E-state index is 12.2. The van der Waals surface area contributed by atoms with Gasteiger partial charge in [0.05, 0.1) is 16.8 Å². The van der Waals surface area contributed by atoms with Gasteiger partial charge in [-0.1, -0.05) is 72.3 Å². The van der Waals surface area contributed by atoms with Crippen LogP contribution in [0.2, 0.25) is 5.02 Å².